The average Bonchev–Trinajstić information content (AvgIpc) is 2.88. The van der Waals surface area contributed by atoms with E-state index >= 15 is 0 Å². The molecule has 0 saturated heterocycles. The molecule has 0 aliphatic carbocycles. The molecule has 5 nitrogen and oxygen atoms in total. The summed E-state index contributed by atoms with van der Waals surface area (Å²) in [5.41, 5.74) is 0.471. The molecule has 0 aliphatic heterocycles. The Bertz CT molecular complexity index is 665. The standard InChI is InChI=1S/C13H9FN2O3S/c14-9-1-3-10(4-2-9)15-12(17)7-5-11-6-8-13(20-11)16(18)19/h1-8H,(H,15,17)/b7-5+. The molecule has 1 aromatic heterocycles. The second kappa shape index (κ2) is 6.07. The molecule has 102 valence electrons. The van der Waals surface area contributed by atoms with Gasteiger partial charge in [0.1, 0.15) is 5.82 Å². The summed E-state index contributed by atoms with van der Waals surface area (Å²) in [7, 11) is 0. The summed E-state index contributed by atoms with van der Waals surface area (Å²) in [6.45, 7) is 0. The van der Waals surface area contributed by atoms with Crippen LogP contribution in [0.2, 0.25) is 0 Å². The van der Waals surface area contributed by atoms with E-state index in [2.05, 4.69) is 5.32 Å². The van der Waals surface area contributed by atoms with Gasteiger partial charge in [-0.15, -0.1) is 0 Å². The molecule has 0 atom stereocenters. The van der Waals surface area contributed by atoms with E-state index in [9.17, 15) is 19.3 Å². The first kappa shape index (κ1) is 13.9. The third-order valence-corrected chi connectivity index (χ3v) is 3.31. The molecule has 0 radical (unpaired) electrons. The molecule has 20 heavy (non-hydrogen) atoms. The molecule has 0 aliphatic rings. The Balaban J connectivity index is 1.98. The van der Waals surface area contributed by atoms with Crippen LogP contribution in [0.15, 0.2) is 42.5 Å². The van der Waals surface area contributed by atoms with E-state index < -0.39 is 10.8 Å². The smallest absolute Gasteiger partial charge is 0.323 e. The normalized spacial score (nSPS) is 10.7. The minimum absolute atomic E-state index is 0.0172. The SMILES string of the molecule is O=C(/C=C/c1ccc([N+](=O)[O-])s1)Nc1ccc(F)cc1. The maximum Gasteiger partial charge on any atom is 0.324 e. The third kappa shape index (κ3) is 3.72. The van der Waals surface area contributed by atoms with Gasteiger partial charge < -0.3 is 5.32 Å². The molecular formula is C13H9FN2O3S. The van der Waals surface area contributed by atoms with Crippen molar-refractivity contribution in [2.75, 3.05) is 5.32 Å². The fourth-order valence-electron chi connectivity index (χ4n) is 1.40. The largest absolute Gasteiger partial charge is 0.324 e. The zero-order valence-electron chi connectivity index (χ0n) is 10.1. The quantitative estimate of drug-likeness (QED) is 0.533. The molecule has 2 aromatic rings. The number of halogens is 1. The molecule has 2 rings (SSSR count). The number of benzene rings is 1. The average molecular weight is 292 g/mol. The van der Waals surface area contributed by atoms with Crippen LogP contribution in [0.4, 0.5) is 15.1 Å². The van der Waals surface area contributed by atoms with Crippen molar-refractivity contribution in [3.8, 4) is 0 Å². The van der Waals surface area contributed by atoms with Crippen LogP contribution in [-0.4, -0.2) is 10.8 Å². The van der Waals surface area contributed by atoms with Crippen LogP contribution < -0.4 is 5.32 Å². The molecule has 0 bridgehead atoms. The number of nitrogens with zero attached hydrogens (tertiary/aromatic N) is 1. The first-order valence-electron chi connectivity index (χ1n) is 5.53. The lowest BCUT2D eigenvalue weighted by atomic mass is 10.3. The van der Waals surface area contributed by atoms with Crippen LogP contribution in [-0.2, 0) is 4.79 Å². The number of nitrogens with one attached hydrogen (secondary N) is 1. The van der Waals surface area contributed by atoms with Crippen molar-refractivity contribution in [3.63, 3.8) is 0 Å². The molecule has 0 unspecified atom stereocenters. The van der Waals surface area contributed by atoms with E-state index in [1.54, 1.807) is 6.07 Å². The van der Waals surface area contributed by atoms with E-state index in [4.69, 9.17) is 0 Å². The minimum atomic E-state index is -0.486. The number of hydrogen-bond donors (Lipinski definition) is 1. The topological polar surface area (TPSA) is 72.2 Å². The van der Waals surface area contributed by atoms with Gasteiger partial charge in [0.05, 0.1) is 4.92 Å². The van der Waals surface area contributed by atoms with Crippen molar-refractivity contribution < 1.29 is 14.1 Å². The molecular weight excluding hydrogens is 283 g/mol. The molecule has 0 fully saturated rings. The summed E-state index contributed by atoms with van der Waals surface area (Å²) in [6.07, 6.45) is 2.75. The van der Waals surface area contributed by atoms with Crippen LogP contribution in [0.25, 0.3) is 6.08 Å². The van der Waals surface area contributed by atoms with Crippen LogP contribution in [0.3, 0.4) is 0 Å². The molecule has 7 heteroatoms. The number of carbonyl (C=O) groups is 1. The highest BCUT2D eigenvalue weighted by Crippen LogP contribution is 2.24. The summed E-state index contributed by atoms with van der Waals surface area (Å²) in [5, 5.41) is 13.1. The Labute approximate surface area is 117 Å². The summed E-state index contributed by atoms with van der Waals surface area (Å²) in [4.78, 5) is 22.2. The molecule has 1 heterocycles. The van der Waals surface area contributed by atoms with E-state index in [-0.39, 0.29) is 10.8 Å². The summed E-state index contributed by atoms with van der Waals surface area (Å²) in [5.74, 6) is -0.780. The lowest BCUT2D eigenvalue weighted by molar-refractivity contribution is -0.380. The number of carbonyl (C=O) groups excluding carboxylic acids is 1. The third-order valence-electron chi connectivity index (χ3n) is 2.30. The van der Waals surface area contributed by atoms with Crippen LogP contribution in [0, 0.1) is 15.9 Å². The summed E-state index contributed by atoms with van der Waals surface area (Å²) >= 11 is 0.976. The highest BCUT2D eigenvalue weighted by Gasteiger charge is 2.07. The van der Waals surface area contributed by atoms with Gasteiger partial charge in [-0.2, -0.15) is 0 Å². The van der Waals surface area contributed by atoms with Crippen LogP contribution >= 0.6 is 11.3 Å². The predicted molar refractivity (Wildman–Crippen MR) is 75.0 cm³/mol. The fourth-order valence-corrected chi connectivity index (χ4v) is 2.13. The van der Waals surface area contributed by atoms with Gasteiger partial charge in [-0.3, -0.25) is 14.9 Å². The van der Waals surface area contributed by atoms with E-state index in [1.807, 2.05) is 0 Å². The van der Waals surface area contributed by atoms with Crippen LogP contribution in [0.5, 0.6) is 0 Å². The molecule has 0 saturated carbocycles. The zero-order valence-corrected chi connectivity index (χ0v) is 10.9. The van der Waals surface area contributed by atoms with Gasteiger partial charge in [-0.1, -0.05) is 11.3 Å². The lowest BCUT2D eigenvalue weighted by Gasteiger charge is -2.00. The monoisotopic (exact) mass is 292 g/mol. The van der Waals surface area contributed by atoms with E-state index in [0.29, 0.717) is 10.6 Å². The second-order valence-electron chi connectivity index (χ2n) is 3.76. The molecule has 1 N–H and O–H groups in total. The Morgan fingerprint density at radius 1 is 1.25 bits per heavy atom. The van der Waals surface area contributed by atoms with Gasteiger partial charge in [0, 0.05) is 22.7 Å². The van der Waals surface area contributed by atoms with Crippen molar-refractivity contribution in [2.24, 2.45) is 0 Å². The lowest BCUT2D eigenvalue weighted by Crippen LogP contribution is -2.07. The molecule has 0 spiro atoms. The van der Waals surface area contributed by atoms with Crippen molar-refractivity contribution in [2.45, 2.75) is 0 Å². The first-order chi connectivity index (χ1) is 9.54. The van der Waals surface area contributed by atoms with Crippen molar-refractivity contribution >= 4 is 34.0 Å². The fraction of sp³-hybridized carbons (Fsp3) is 0. The van der Waals surface area contributed by atoms with Crippen molar-refractivity contribution in [1.29, 1.82) is 0 Å². The highest BCUT2D eigenvalue weighted by atomic mass is 32.1. The number of rotatable bonds is 4. The predicted octanol–water partition coefficient (Wildman–Crippen LogP) is 3.45. The molecule has 1 amide bonds. The first-order valence-corrected chi connectivity index (χ1v) is 6.35. The Kier molecular flexibility index (Phi) is 4.21. The van der Waals surface area contributed by atoms with Gasteiger partial charge in [-0.25, -0.2) is 4.39 Å². The van der Waals surface area contributed by atoms with Crippen molar-refractivity contribution in [3.05, 3.63) is 63.3 Å². The number of thiophene rings is 1. The zero-order chi connectivity index (χ0) is 14.5. The number of amides is 1. The second-order valence-corrected chi connectivity index (χ2v) is 4.86. The van der Waals surface area contributed by atoms with Gasteiger partial charge in [0.2, 0.25) is 5.91 Å². The van der Waals surface area contributed by atoms with Crippen molar-refractivity contribution in [1.82, 2.24) is 0 Å². The van der Waals surface area contributed by atoms with Gasteiger partial charge >= 0.3 is 5.00 Å². The Morgan fingerprint density at radius 2 is 1.95 bits per heavy atom. The minimum Gasteiger partial charge on any atom is -0.323 e. The number of anilines is 1. The molecule has 1 aromatic carbocycles. The number of hydrogen-bond acceptors (Lipinski definition) is 4. The maximum absolute atomic E-state index is 12.7. The summed E-state index contributed by atoms with van der Waals surface area (Å²) in [6, 6.07) is 8.30. The van der Waals surface area contributed by atoms with E-state index in [1.165, 1.54) is 42.5 Å². The highest BCUT2D eigenvalue weighted by molar-refractivity contribution is 7.16. The maximum atomic E-state index is 12.7. The number of nitro groups is 1. The summed E-state index contributed by atoms with van der Waals surface area (Å²) < 4.78 is 12.7. The van der Waals surface area contributed by atoms with E-state index in [0.717, 1.165) is 11.3 Å². The van der Waals surface area contributed by atoms with Gasteiger partial charge in [-0.05, 0) is 36.4 Å². The Morgan fingerprint density at radius 3 is 2.55 bits per heavy atom. The van der Waals surface area contributed by atoms with Gasteiger partial charge in [0.15, 0.2) is 0 Å². The van der Waals surface area contributed by atoms with Gasteiger partial charge in [0.25, 0.3) is 0 Å². The Hall–Kier alpha value is -2.54. The van der Waals surface area contributed by atoms with Crippen LogP contribution in [0.1, 0.15) is 4.88 Å².